The van der Waals surface area contributed by atoms with Gasteiger partial charge in [0, 0.05) is 5.56 Å². The quantitative estimate of drug-likeness (QED) is 0.895. The highest BCUT2D eigenvalue weighted by molar-refractivity contribution is 5.73. The second kappa shape index (κ2) is 5.31. The fourth-order valence-corrected chi connectivity index (χ4v) is 1.74. The second-order valence-corrected chi connectivity index (χ2v) is 3.81. The highest BCUT2D eigenvalue weighted by Gasteiger charge is 2.09. The van der Waals surface area contributed by atoms with E-state index < -0.39 is 5.97 Å². The van der Waals surface area contributed by atoms with Gasteiger partial charge >= 0.3 is 5.97 Å². The number of carbonyl (C=O) groups is 1. The lowest BCUT2D eigenvalue weighted by atomic mass is 10.0. The molecule has 1 aromatic carbocycles. The third kappa shape index (κ3) is 2.66. The first-order chi connectivity index (χ1) is 8.70. The molecule has 0 fully saturated rings. The van der Waals surface area contributed by atoms with Crippen molar-refractivity contribution in [1.29, 1.82) is 0 Å². The van der Waals surface area contributed by atoms with Gasteiger partial charge in [-0.2, -0.15) is 0 Å². The molecule has 4 nitrogen and oxygen atoms in total. The van der Waals surface area contributed by atoms with Gasteiger partial charge in [0.15, 0.2) is 0 Å². The highest BCUT2D eigenvalue weighted by Crippen LogP contribution is 2.29. The molecule has 0 saturated heterocycles. The number of carboxylic acid groups (broad SMARTS) is 1. The molecule has 2 rings (SSSR count). The number of nitrogens with zero attached hydrogens (tertiary/aromatic N) is 1. The van der Waals surface area contributed by atoms with E-state index in [9.17, 15) is 4.79 Å². The molecular formula is C14H13NO3. The molecule has 0 aliphatic carbocycles. The molecule has 0 bridgehead atoms. The van der Waals surface area contributed by atoms with Gasteiger partial charge in [-0.25, -0.2) is 0 Å². The summed E-state index contributed by atoms with van der Waals surface area (Å²) in [6.07, 6.45) is 1.46. The van der Waals surface area contributed by atoms with Gasteiger partial charge < -0.3 is 9.84 Å². The fraction of sp³-hybridized carbons (Fsp3) is 0.143. The monoisotopic (exact) mass is 243 g/mol. The third-order valence-electron chi connectivity index (χ3n) is 2.56. The summed E-state index contributed by atoms with van der Waals surface area (Å²) in [5.74, 6) is -0.262. The first-order valence-corrected chi connectivity index (χ1v) is 5.51. The fourth-order valence-electron chi connectivity index (χ4n) is 1.74. The molecule has 0 unspecified atom stereocenters. The number of pyridine rings is 1. The Morgan fingerprint density at radius 3 is 2.67 bits per heavy atom. The molecule has 0 amide bonds. The number of hydrogen-bond donors (Lipinski definition) is 1. The van der Waals surface area contributed by atoms with Gasteiger partial charge in [-0.15, -0.1) is 0 Å². The summed E-state index contributed by atoms with van der Waals surface area (Å²) in [5, 5.41) is 8.78. The minimum absolute atomic E-state index is 0.0934. The van der Waals surface area contributed by atoms with E-state index in [1.54, 1.807) is 19.4 Å². The van der Waals surface area contributed by atoms with Crippen molar-refractivity contribution in [2.75, 3.05) is 7.11 Å². The molecule has 1 heterocycles. The van der Waals surface area contributed by atoms with Gasteiger partial charge in [-0.3, -0.25) is 9.78 Å². The smallest absolute Gasteiger partial charge is 0.309 e. The van der Waals surface area contributed by atoms with Gasteiger partial charge in [0.2, 0.25) is 0 Å². The zero-order chi connectivity index (χ0) is 13.0. The van der Waals surface area contributed by atoms with Crippen molar-refractivity contribution in [3.63, 3.8) is 0 Å². The van der Waals surface area contributed by atoms with Crippen LogP contribution in [0.3, 0.4) is 0 Å². The molecule has 0 saturated carbocycles. The maximum atomic E-state index is 10.7. The van der Waals surface area contributed by atoms with E-state index >= 15 is 0 Å². The molecule has 1 aromatic heterocycles. The highest BCUT2D eigenvalue weighted by atomic mass is 16.5. The van der Waals surface area contributed by atoms with Crippen molar-refractivity contribution >= 4 is 5.97 Å². The number of benzene rings is 1. The normalized spacial score (nSPS) is 10.1. The first-order valence-electron chi connectivity index (χ1n) is 5.51. The van der Waals surface area contributed by atoms with Crippen molar-refractivity contribution in [1.82, 2.24) is 4.98 Å². The van der Waals surface area contributed by atoms with Gasteiger partial charge in [0.1, 0.15) is 5.75 Å². The Kier molecular flexibility index (Phi) is 3.57. The van der Waals surface area contributed by atoms with E-state index in [1.807, 2.05) is 30.3 Å². The molecule has 0 atom stereocenters. The number of aromatic nitrogens is 1. The number of carboxylic acids is 1. The number of aliphatic carboxylic acids is 1. The molecular weight excluding hydrogens is 230 g/mol. The molecule has 2 aromatic rings. The van der Waals surface area contributed by atoms with E-state index in [-0.39, 0.29) is 6.42 Å². The van der Waals surface area contributed by atoms with Gasteiger partial charge in [-0.1, -0.05) is 30.3 Å². The minimum atomic E-state index is -0.897. The predicted octanol–water partition coefficient (Wildman–Crippen LogP) is 2.38. The van der Waals surface area contributed by atoms with Crippen LogP contribution < -0.4 is 4.74 Å². The Hall–Kier alpha value is -2.36. The average Bonchev–Trinajstić information content (AvgIpc) is 2.39. The Morgan fingerprint density at radius 1 is 1.33 bits per heavy atom. The van der Waals surface area contributed by atoms with Gasteiger partial charge in [0.05, 0.1) is 25.4 Å². The maximum Gasteiger partial charge on any atom is 0.309 e. The van der Waals surface area contributed by atoms with Crippen molar-refractivity contribution in [2.45, 2.75) is 6.42 Å². The van der Waals surface area contributed by atoms with Crippen LogP contribution in [0.25, 0.3) is 11.1 Å². The summed E-state index contributed by atoms with van der Waals surface area (Å²) in [6.45, 7) is 0. The van der Waals surface area contributed by atoms with E-state index in [0.29, 0.717) is 11.4 Å². The summed E-state index contributed by atoms with van der Waals surface area (Å²) in [7, 11) is 1.57. The van der Waals surface area contributed by atoms with Crippen molar-refractivity contribution in [2.24, 2.45) is 0 Å². The lowest BCUT2D eigenvalue weighted by molar-refractivity contribution is -0.136. The van der Waals surface area contributed by atoms with Crippen LogP contribution in [0, 0.1) is 0 Å². The zero-order valence-electron chi connectivity index (χ0n) is 9.96. The van der Waals surface area contributed by atoms with E-state index in [0.717, 1.165) is 11.1 Å². The lowest BCUT2D eigenvalue weighted by Gasteiger charge is -2.09. The molecule has 1 N–H and O–H groups in total. The maximum absolute atomic E-state index is 10.7. The van der Waals surface area contributed by atoms with E-state index in [1.165, 1.54) is 0 Å². The second-order valence-electron chi connectivity index (χ2n) is 3.81. The molecule has 0 spiro atoms. The summed E-state index contributed by atoms with van der Waals surface area (Å²) in [4.78, 5) is 14.8. The number of methoxy groups -OCH3 is 1. The molecule has 18 heavy (non-hydrogen) atoms. The van der Waals surface area contributed by atoms with Crippen LogP contribution in [-0.4, -0.2) is 23.2 Å². The Bertz CT molecular complexity index is 552. The minimum Gasteiger partial charge on any atom is -0.494 e. The summed E-state index contributed by atoms with van der Waals surface area (Å²) in [5.41, 5.74) is 2.34. The number of ether oxygens (including phenoxy) is 1. The van der Waals surface area contributed by atoms with Crippen molar-refractivity contribution in [3.8, 4) is 16.9 Å². The van der Waals surface area contributed by atoms with Crippen LogP contribution in [0.5, 0.6) is 5.75 Å². The predicted molar refractivity (Wildman–Crippen MR) is 67.6 cm³/mol. The number of rotatable bonds is 4. The molecule has 0 aliphatic rings. The van der Waals surface area contributed by atoms with Crippen LogP contribution in [0.4, 0.5) is 0 Å². The van der Waals surface area contributed by atoms with Crippen molar-refractivity contribution < 1.29 is 14.6 Å². The van der Waals surface area contributed by atoms with Crippen LogP contribution in [0.2, 0.25) is 0 Å². The SMILES string of the molecule is COc1cnc(CC(=O)O)cc1-c1ccccc1. The third-order valence-corrected chi connectivity index (χ3v) is 2.56. The zero-order valence-corrected chi connectivity index (χ0v) is 9.96. The Morgan fingerprint density at radius 2 is 2.06 bits per heavy atom. The Labute approximate surface area is 105 Å². The largest absolute Gasteiger partial charge is 0.494 e. The van der Waals surface area contributed by atoms with Crippen LogP contribution in [0.1, 0.15) is 5.69 Å². The van der Waals surface area contributed by atoms with Gasteiger partial charge in [0.25, 0.3) is 0 Å². The van der Waals surface area contributed by atoms with Crippen LogP contribution in [0.15, 0.2) is 42.6 Å². The summed E-state index contributed by atoms with van der Waals surface area (Å²) >= 11 is 0. The standard InChI is InChI=1S/C14H13NO3/c1-18-13-9-15-11(8-14(16)17)7-12(13)10-5-3-2-4-6-10/h2-7,9H,8H2,1H3,(H,16,17). The van der Waals surface area contributed by atoms with E-state index in [4.69, 9.17) is 9.84 Å². The lowest BCUT2D eigenvalue weighted by Crippen LogP contribution is -2.03. The van der Waals surface area contributed by atoms with Gasteiger partial charge in [-0.05, 0) is 11.6 Å². The molecule has 0 radical (unpaired) electrons. The molecule has 92 valence electrons. The van der Waals surface area contributed by atoms with Crippen molar-refractivity contribution in [3.05, 3.63) is 48.3 Å². The topological polar surface area (TPSA) is 59.4 Å². The summed E-state index contributed by atoms with van der Waals surface area (Å²) in [6, 6.07) is 11.4. The van der Waals surface area contributed by atoms with Crippen LogP contribution in [-0.2, 0) is 11.2 Å². The summed E-state index contributed by atoms with van der Waals surface area (Å²) < 4.78 is 5.25. The number of hydrogen-bond acceptors (Lipinski definition) is 3. The molecule has 0 aliphatic heterocycles. The first kappa shape index (κ1) is 12.1. The average molecular weight is 243 g/mol. The van der Waals surface area contributed by atoms with E-state index in [2.05, 4.69) is 4.98 Å². The molecule has 4 heteroatoms. The Balaban J connectivity index is 2.46. The van der Waals surface area contributed by atoms with Crippen LogP contribution >= 0.6 is 0 Å².